The van der Waals surface area contributed by atoms with Gasteiger partial charge in [-0.05, 0) is 49.5 Å². The summed E-state index contributed by atoms with van der Waals surface area (Å²) in [6.07, 6.45) is 0.771. The number of ether oxygens (including phenoxy) is 1. The van der Waals surface area contributed by atoms with Crippen LogP contribution in [0, 0.1) is 0 Å². The molecule has 1 amide bonds. The molecule has 0 radical (unpaired) electrons. The van der Waals surface area contributed by atoms with Crippen LogP contribution >= 0.6 is 0 Å². The van der Waals surface area contributed by atoms with E-state index in [1.807, 2.05) is 43.3 Å². The van der Waals surface area contributed by atoms with E-state index in [2.05, 4.69) is 5.32 Å². The van der Waals surface area contributed by atoms with Gasteiger partial charge in [-0.15, -0.1) is 0 Å². The molecule has 2 rings (SSSR count). The first kappa shape index (κ1) is 14.3. The fraction of sp³-hybridized carbons (Fsp3) is 0.312. The first-order chi connectivity index (χ1) is 9.65. The molecule has 106 valence electrons. The summed E-state index contributed by atoms with van der Waals surface area (Å²) >= 11 is 0. The van der Waals surface area contributed by atoms with Crippen molar-refractivity contribution in [2.75, 3.05) is 13.7 Å². The lowest BCUT2D eigenvalue weighted by Crippen LogP contribution is -2.34. The number of rotatable bonds is 5. The molecule has 0 unspecified atom stereocenters. The van der Waals surface area contributed by atoms with Crippen LogP contribution in [-0.2, 0) is 0 Å². The topological polar surface area (TPSA) is 64.3 Å². The van der Waals surface area contributed by atoms with Crippen molar-refractivity contribution in [3.8, 4) is 5.75 Å². The van der Waals surface area contributed by atoms with E-state index in [1.165, 1.54) is 0 Å². The van der Waals surface area contributed by atoms with Crippen molar-refractivity contribution in [2.24, 2.45) is 5.73 Å². The third-order valence-corrected chi connectivity index (χ3v) is 3.30. The number of carbonyl (C=O) groups is 1. The van der Waals surface area contributed by atoms with Gasteiger partial charge in [-0.1, -0.05) is 12.1 Å². The zero-order chi connectivity index (χ0) is 14.5. The molecule has 2 aromatic rings. The van der Waals surface area contributed by atoms with Crippen molar-refractivity contribution >= 4 is 16.7 Å². The lowest BCUT2D eigenvalue weighted by molar-refractivity contribution is 0.0939. The number of nitrogens with one attached hydrogen (secondary N) is 1. The highest BCUT2D eigenvalue weighted by atomic mass is 16.5. The maximum atomic E-state index is 12.1. The van der Waals surface area contributed by atoms with Gasteiger partial charge in [0.2, 0.25) is 0 Å². The molecule has 1 atom stereocenters. The number of benzene rings is 2. The normalized spacial score (nSPS) is 12.2. The maximum absolute atomic E-state index is 12.1. The van der Waals surface area contributed by atoms with Crippen molar-refractivity contribution in [3.63, 3.8) is 0 Å². The van der Waals surface area contributed by atoms with Gasteiger partial charge >= 0.3 is 0 Å². The SMILES string of the molecule is COc1cccc2cc(C(=O)N[C@@H](C)CCN)ccc12. The molecule has 2 aromatic carbocycles. The molecule has 0 aliphatic rings. The van der Waals surface area contributed by atoms with Crippen molar-refractivity contribution in [2.45, 2.75) is 19.4 Å². The predicted octanol–water partition coefficient (Wildman–Crippen LogP) is 2.32. The van der Waals surface area contributed by atoms with Gasteiger partial charge in [0, 0.05) is 17.0 Å². The second-order valence-electron chi connectivity index (χ2n) is 4.85. The number of carbonyl (C=O) groups excluding carboxylic acids is 1. The Balaban J connectivity index is 2.26. The lowest BCUT2D eigenvalue weighted by Gasteiger charge is -2.13. The van der Waals surface area contributed by atoms with E-state index in [4.69, 9.17) is 10.5 Å². The van der Waals surface area contributed by atoms with Crippen LogP contribution in [0.4, 0.5) is 0 Å². The Kier molecular flexibility index (Phi) is 4.58. The molecule has 0 saturated carbocycles. The first-order valence-electron chi connectivity index (χ1n) is 6.73. The maximum Gasteiger partial charge on any atom is 0.251 e. The predicted molar refractivity (Wildman–Crippen MR) is 81.1 cm³/mol. The summed E-state index contributed by atoms with van der Waals surface area (Å²) in [7, 11) is 1.64. The van der Waals surface area contributed by atoms with Crippen LogP contribution in [0.5, 0.6) is 5.75 Å². The van der Waals surface area contributed by atoms with E-state index in [-0.39, 0.29) is 11.9 Å². The fourth-order valence-corrected chi connectivity index (χ4v) is 2.20. The first-order valence-corrected chi connectivity index (χ1v) is 6.73. The molecule has 0 bridgehead atoms. The van der Waals surface area contributed by atoms with E-state index in [0.29, 0.717) is 12.1 Å². The van der Waals surface area contributed by atoms with Gasteiger partial charge in [0.1, 0.15) is 5.75 Å². The van der Waals surface area contributed by atoms with Gasteiger partial charge in [0.15, 0.2) is 0 Å². The van der Waals surface area contributed by atoms with E-state index in [0.717, 1.165) is 22.9 Å². The number of amides is 1. The summed E-state index contributed by atoms with van der Waals surface area (Å²) in [4.78, 5) is 12.1. The van der Waals surface area contributed by atoms with Crippen molar-refractivity contribution in [3.05, 3.63) is 42.0 Å². The van der Waals surface area contributed by atoms with E-state index in [9.17, 15) is 4.79 Å². The van der Waals surface area contributed by atoms with Crippen molar-refractivity contribution < 1.29 is 9.53 Å². The Morgan fingerprint density at radius 1 is 1.35 bits per heavy atom. The second-order valence-corrected chi connectivity index (χ2v) is 4.85. The Morgan fingerprint density at radius 2 is 2.15 bits per heavy atom. The standard InChI is InChI=1S/C16H20N2O2/c1-11(8-9-17)18-16(19)13-6-7-14-12(10-13)4-3-5-15(14)20-2/h3-7,10-11H,8-9,17H2,1-2H3,(H,18,19)/t11-/m0/s1. The van der Waals surface area contributed by atoms with E-state index in [1.54, 1.807) is 7.11 Å². The molecular weight excluding hydrogens is 252 g/mol. The summed E-state index contributed by atoms with van der Waals surface area (Å²) < 4.78 is 5.31. The van der Waals surface area contributed by atoms with Gasteiger partial charge in [-0.3, -0.25) is 4.79 Å². The average Bonchev–Trinajstić information content (AvgIpc) is 2.46. The van der Waals surface area contributed by atoms with Gasteiger partial charge < -0.3 is 15.8 Å². The zero-order valence-electron chi connectivity index (χ0n) is 11.8. The van der Waals surface area contributed by atoms with Crippen LogP contribution in [-0.4, -0.2) is 25.6 Å². The monoisotopic (exact) mass is 272 g/mol. The molecule has 0 saturated heterocycles. The molecule has 0 aromatic heterocycles. The van der Waals surface area contributed by atoms with Crippen molar-refractivity contribution in [1.29, 1.82) is 0 Å². The highest BCUT2D eigenvalue weighted by molar-refractivity contribution is 5.99. The average molecular weight is 272 g/mol. The van der Waals surface area contributed by atoms with Crippen molar-refractivity contribution in [1.82, 2.24) is 5.32 Å². The van der Waals surface area contributed by atoms with Crippen LogP contribution in [0.3, 0.4) is 0 Å². The third kappa shape index (κ3) is 3.08. The Bertz CT molecular complexity index is 610. The zero-order valence-corrected chi connectivity index (χ0v) is 11.8. The fourth-order valence-electron chi connectivity index (χ4n) is 2.20. The lowest BCUT2D eigenvalue weighted by atomic mass is 10.1. The molecule has 0 aliphatic heterocycles. The molecule has 20 heavy (non-hydrogen) atoms. The van der Waals surface area contributed by atoms with Crippen LogP contribution in [0.2, 0.25) is 0 Å². The molecular formula is C16H20N2O2. The summed E-state index contributed by atoms with van der Waals surface area (Å²) in [5.74, 6) is 0.738. The van der Waals surface area contributed by atoms with E-state index < -0.39 is 0 Å². The summed E-state index contributed by atoms with van der Waals surface area (Å²) in [6, 6.07) is 11.5. The minimum Gasteiger partial charge on any atom is -0.496 e. The molecule has 4 heteroatoms. The Hall–Kier alpha value is -2.07. The second kappa shape index (κ2) is 6.39. The van der Waals surface area contributed by atoms with Gasteiger partial charge in [-0.25, -0.2) is 0 Å². The number of hydrogen-bond acceptors (Lipinski definition) is 3. The van der Waals surface area contributed by atoms with Crippen LogP contribution in [0.1, 0.15) is 23.7 Å². The molecule has 3 N–H and O–H groups in total. The van der Waals surface area contributed by atoms with Crippen LogP contribution < -0.4 is 15.8 Å². The van der Waals surface area contributed by atoms with Gasteiger partial charge in [0.25, 0.3) is 5.91 Å². The Labute approximate surface area is 118 Å². The number of hydrogen-bond donors (Lipinski definition) is 2. The molecule has 4 nitrogen and oxygen atoms in total. The summed E-state index contributed by atoms with van der Waals surface area (Å²) in [5.41, 5.74) is 6.13. The number of fused-ring (bicyclic) bond motifs is 1. The minimum absolute atomic E-state index is 0.0735. The smallest absolute Gasteiger partial charge is 0.251 e. The van der Waals surface area contributed by atoms with Gasteiger partial charge in [-0.2, -0.15) is 0 Å². The molecule has 0 aliphatic carbocycles. The van der Waals surface area contributed by atoms with Crippen LogP contribution in [0.15, 0.2) is 36.4 Å². The van der Waals surface area contributed by atoms with E-state index >= 15 is 0 Å². The number of methoxy groups -OCH3 is 1. The molecule has 0 fully saturated rings. The van der Waals surface area contributed by atoms with Crippen LogP contribution in [0.25, 0.3) is 10.8 Å². The van der Waals surface area contributed by atoms with Gasteiger partial charge in [0.05, 0.1) is 7.11 Å². The minimum atomic E-state index is -0.0735. The highest BCUT2D eigenvalue weighted by Crippen LogP contribution is 2.26. The summed E-state index contributed by atoms with van der Waals surface area (Å²) in [6.45, 7) is 2.52. The quantitative estimate of drug-likeness (QED) is 0.878. The third-order valence-electron chi connectivity index (χ3n) is 3.30. The molecule has 0 heterocycles. The largest absolute Gasteiger partial charge is 0.496 e. The molecule has 0 spiro atoms. The number of nitrogens with two attached hydrogens (primary N) is 1. The summed E-state index contributed by atoms with van der Waals surface area (Å²) in [5, 5.41) is 4.93. The highest BCUT2D eigenvalue weighted by Gasteiger charge is 2.10. The Morgan fingerprint density at radius 3 is 2.85 bits per heavy atom.